The lowest BCUT2D eigenvalue weighted by Crippen LogP contribution is -2.26. The van der Waals surface area contributed by atoms with E-state index in [1.165, 1.54) is 0 Å². The average molecular weight is 279 g/mol. The highest BCUT2D eigenvalue weighted by Gasteiger charge is 2.11. The summed E-state index contributed by atoms with van der Waals surface area (Å²) in [5.74, 6) is -0.228. The molecule has 1 aromatic heterocycles. The van der Waals surface area contributed by atoms with Crippen molar-refractivity contribution in [2.75, 3.05) is 12.3 Å². The molecule has 5 nitrogen and oxygen atoms in total. The summed E-state index contributed by atoms with van der Waals surface area (Å²) in [6.45, 7) is 0.501. The van der Waals surface area contributed by atoms with Crippen LogP contribution in [0.1, 0.15) is 16.1 Å². The van der Waals surface area contributed by atoms with Crippen LogP contribution in [0.4, 0.5) is 5.69 Å². The zero-order valence-electron chi connectivity index (χ0n) is 10.6. The standard InChI is InChI=1S/C13H15ClN4O/c1-18-8-6-9(17-18)5-7-16-13(19)10-3-2-4-11(15)12(10)14/h2-4,6,8H,5,7,15H2,1H3,(H,16,19). The van der Waals surface area contributed by atoms with Crippen molar-refractivity contribution in [3.8, 4) is 0 Å². The number of nitrogens with zero attached hydrogens (tertiary/aromatic N) is 2. The van der Waals surface area contributed by atoms with Crippen molar-refractivity contribution in [2.24, 2.45) is 7.05 Å². The van der Waals surface area contributed by atoms with E-state index in [-0.39, 0.29) is 10.9 Å². The number of nitrogens with one attached hydrogen (secondary N) is 1. The summed E-state index contributed by atoms with van der Waals surface area (Å²) < 4.78 is 1.73. The largest absolute Gasteiger partial charge is 0.398 e. The van der Waals surface area contributed by atoms with E-state index in [0.29, 0.717) is 24.2 Å². The first-order valence-electron chi connectivity index (χ1n) is 5.88. The van der Waals surface area contributed by atoms with Crippen LogP contribution in [0, 0.1) is 0 Å². The molecule has 1 heterocycles. The van der Waals surface area contributed by atoms with Crippen LogP contribution in [-0.2, 0) is 13.5 Å². The molecule has 0 atom stereocenters. The van der Waals surface area contributed by atoms with E-state index in [1.54, 1.807) is 22.9 Å². The maximum atomic E-state index is 11.9. The van der Waals surface area contributed by atoms with Gasteiger partial charge in [0.05, 0.1) is 22.0 Å². The summed E-state index contributed by atoms with van der Waals surface area (Å²) in [5, 5.41) is 7.32. The Morgan fingerprint density at radius 1 is 1.47 bits per heavy atom. The Labute approximate surface area is 116 Å². The molecule has 2 aromatic rings. The van der Waals surface area contributed by atoms with Gasteiger partial charge in [0.15, 0.2) is 0 Å². The molecule has 0 saturated carbocycles. The normalized spacial score (nSPS) is 10.4. The minimum atomic E-state index is -0.228. The number of benzene rings is 1. The van der Waals surface area contributed by atoms with Crippen molar-refractivity contribution in [1.29, 1.82) is 0 Å². The molecule has 6 heteroatoms. The molecule has 2 rings (SSSR count). The molecule has 0 saturated heterocycles. The van der Waals surface area contributed by atoms with Gasteiger partial charge in [-0.25, -0.2) is 0 Å². The molecular formula is C13H15ClN4O. The molecule has 0 aliphatic carbocycles. The van der Waals surface area contributed by atoms with Crippen molar-refractivity contribution in [2.45, 2.75) is 6.42 Å². The number of nitrogen functional groups attached to an aromatic ring is 1. The van der Waals surface area contributed by atoms with Crippen LogP contribution in [0.3, 0.4) is 0 Å². The smallest absolute Gasteiger partial charge is 0.252 e. The van der Waals surface area contributed by atoms with Gasteiger partial charge >= 0.3 is 0 Å². The quantitative estimate of drug-likeness (QED) is 0.835. The summed E-state index contributed by atoms with van der Waals surface area (Å²) >= 11 is 5.99. The minimum absolute atomic E-state index is 0.228. The predicted octanol–water partition coefficient (Wildman–Crippen LogP) is 1.63. The molecule has 19 heavy (non-hydrogen) atoms. The molecule has 0 bridgehead atoms. The zero-order valence-corrected chi connectivity index (χ0v) is 11.3. The molecule has 3 N–H and O–H groups in total. The fraction of sp³-hybridized carbons (Fsp3) is 0.231. The van der Waals surface area contributed by atoms with Crippen molar-refractivity contribution in [1.82, 2.24) is 15.1 Å². The third-order valence-corrected chi connectivity index (χ3v) is 3.13. The van der Waals surface area contributed by atoms with Gasteiger partial charge in [-0.05, 0) is 18.2 Å². The Hall–Kier alpha value is -2.01. The van der Waals surface area contributed by atoms with Crippen LogP contribution < -0.4 is 11.1 Å². The van der Waals surface area contributed by atoms with Crippen LogP contribution in [0.25, 0.3) is 0 Å². The third kappa shape index (κ3) is 3.26. The predicted molar refractivity (Wildman–Crippen MR) is 75.1 cm³/mol. The minimum Gasteiger partial charge on any atom is -0.398 e. The lowest BCUT2D eigenvalue weighted by atomic mass is 10.2. The van der Waals surface area contributed by atoms with Gasteiger partial charge in [-0.3, -0.25) is 9.48 Å². The van der Waals surface area contributed by atoms with E-state index in [2.05, 4.69) is 10.4 Å². The summed E-state index contributed by atoms with van der Waals surface area (Å²) in [5.41, 5.74) is 7.38. The van der Waals surface area contributed by atoms with Crippen molar-refractivity contribution >= 4 is 23.2 Å². The molecular weight excluding hydrogens is 264 g/mol. The lowest BCUT2D eigenvalue weighted by molar-refractivity contribution is 0.0954. The van der Waals surface area contributed by atoms with Gasteiger partial charge in [-0.2, -0.15) is 5.10 Å². The number of anilines is 1. The second kappa shape index (κ2) is 5.75. The van der Waals surface area contributed by atoms with Crippen LogP contribution in [0.5, 0.6) is 0 Å². The van der Waals surface area contributed by atoms with E-state index in [1.807, 2.05) is 19.3 Å². The highest BCUT2D eigenvalue weighted by Crippen LogP contribution is 2.22. The SMILES string of the molecule is Cn1ccc(CCNC(=O)c2cccc(N)c2Cl)n1. The first kappa shape index (κ1) is 13.4. The number of hydrogen-bond acceptors (Lipinski definition) is 3. The van der Waals surface area contributed by atoms with Crippen LogP contribution in [-0.4, -0.2) is 22.2 Å². The fourth-order valence-corrected chi connectivity index (χ4v) is 1.93. The van der Waals surface area contributed by atoms with E-state index in [0.717, 1.165) is 5.69 Å². The van der Waals surface area contributed by atoms with Gasteiger partial charge in [0.25, 0.3) is 5.91 Å². The second-order valence-electron chi connectivity index (χ2n) is 4.20. The Morgan fingerprint density at radius 3 is 2.95 bits per heavy atom. The highest BCUT2D eigenvalue weighted by atomic mass is 35.5. The Kier molecular flexibility index (Phi) is 4.06. The number of hydrogen-bond donors (Lipinski definition) is 2. The molecule has 0 spiro atoms. The monoisotopic (exact) mass is 278 g/mol. The van der Waals surface area contributed by atoms with E-state index >= 15 is 0 Å². The van der Waals surface area contributed by atoms with Crippen molar-refractivity contribution < 1.29 is 4.79 Å². The third-order valence-electron chi connectivity index (χ3n) is 2.71. The summed E-state index contributed by atoms with van der Waals surface area (Å²) in [6, 6.07) is 6.93. The van der Waals surface area contributed by atoms with E-state index in [4.69, 9.17) is 17.3 Å². The number of amides is 1. The molecule has 100 valence electrons. The average Bonchev–Trinajstić information content (AvgIpc) is 2.78. The van der Waals surface area contributed by atoms with Crippen LogP contribution in [0.2, 0.25) is 5.02 Å². The number of rotatable bonds is 4. The van der Waals surface area contributed by atoms with E-state index < -0.39 is 0 Å². The lowest BCUT2D eigenvalue weighted by Gasteiger charge is -2.07. The van der Waals surface area contributed by atoms with Crippen molar-refractivity contribution in [3.05, 3.63) is 46.7 Å². The number of carbonyl (C=O) groups is 1. The van der Waals surface area contributed by atoms with Gasteiger partial charge in [0.1, 0.15) is 0 Å². The maximum absolute atomic E-state index is 11.9. The van der Waals surface area contributed by atoms with Crippen LogP contribution in [0.15, 0.2) is 30.5 Å². The Morgan fingerprint density at radius 2 is 2.26 bits per heavy atom. The first-order valence-corrected chi connectivity index (χ1v) is 6.26. The van der Waals surface area contributed by atoms with Gasteiger partial charge < -0.3 is 11.1 Å². The zero-order chi connectivity index (χ0) is 13.8. The van der Waals surface area contributed by atoms with Gasteiger partial charge in [0.2, 0.25) is 0 Å². The van der Waals surface area contributed by atoms with E-state index in [9.17, 15) is 4.79 Å². The van der Waals surface area contributed by atoms with Crippen LogP contribution >= 0.6 is 11.6 Å². The molecule has 0 aliphatic heterocycles. The molecule has 1 aromatic carbocycles. The summed E-state index contributed by atoms with van der Waals surface area (Å²) in [6.07, 6.45) is 2.54. The summed E-state index contributed by atoms with van der Waals surface area (Å²) in [7, 11) is 1.86. The van der Waals surface area contributed by atoms with Crippen molar-refractivity contribution in [3.63, 3.8) is 0 Å². The molecule has 0 unspecified atom stereocenters. The Balaban J connectivity index is 1.93. The molecule has 0 fully saturated rings. The fourth-order valence-electron chi connectivity index (χ4n) is 1.72. The summed E-state index contributed by atoms with van der Waals surface area (Å²) in [4.78, 5) is 11.9. The number of aryl methyl sites for hydroxylation is 1. The van der Waals surface area contributed by atoms with Gasteiger partial charge in [-0.1, -0.05) is 17.7 Å². The number of carbonyl (C=O) groups excluding carboxylic acids is 1. The van der Waals surface area contributed by atoms with Gasteiger partial charge in [-0.15, -0.1) is 0 Å². The van der Waals surface area contributed by atoms with Gasteiger partial charge in [0, 0.05) is 26.2 Å². The Bertz CT molecular complexity index is 594. The number of halogens is 1. The maximum Gasteiger partial charge on any atom is 0.252 e. The first-order chi connectivity index (χ1) is 9.08. The number of aromatic nitrogens is 2. The molecule has 1 amide bonds. The number of nitrogens with two attached hydrogens (primary N) is 1. The second-order valence-corrected chi connectivity index (χ2v) is 4.57. The highest BCUT2D eigenvalue weighted by molar-refractivity contribution is 6.36. The topological polar surface area (TPSA) is 72.9 Å². The molecule has 0 aliphatic rings. The molecule has 0 radical (unpaired) electrons.